The highest BCUT2D eigenvalue weighted by Gasteiger charge is 2.32. The number of hydrogen-bond donors (Lipinski definition) is 3. The van der Waals surface area contributed by atoms with E-state index in [4.69, 9.17) is 31.5 Å². The number of ether oxygens (including phenoxy) is 3. The zero-order valence-corrected chi connectivity index (χ0v) is 21.2. The second kappa shape index (κ2) is 11.8. The fourth-order valence-electron chi connectivity index (χ4n) is 3.46. The number of amides is 2. The summed E-state index contributed by atoms with van der Waals surface area (Å²) < 4.78 is 17.5. The largest absolute Gasteiger partial charge is 0.488 e. The normalized spacial score (nSPS) is 16.4. The molecule has 2 atom stereocenters. The fourth-order valence-corrected chi connectivity index (χ4v) is 3.71. The van der Waals surface area contributed by atoms with E-state index in [2.05, 4.69) is 10.3 Å². The first-order valence-electron chi connectivity index (χ1n) is 11.3. The third kappa shape index (κ3) is 6.07. The Morgan fingerprint density at radius 1 is 1.36 bits per heavy atom. The molecule has 1 heterocycles. The summed E-state index contributed by atoms with van der Waals surface area (Å²) in [4.78, 5) is 31.0. The Balaban J connectivity index is 1.98. The van der Waals surface area contributed by atoms with Crippen LogP contribution in [0.2, 0.25) is 5.02 Å². The number of aliphatic hydroxyl groups is 1. The summed E-state index contributed by atoms with van der Waals surface area (Å²) in [6.07, 6.45) is 1.95. The van der Waals surface area contributed by atoms with Crippen LogP contribution in [0.4, 0.5) is 0 Å². The maximum Gasteiger partial charge on any atom is 0.279 e. The molecule has 3 rings (SSSR count). The van der Waals surface area contributed by atoms with Crippen LogP contribution in [-0.2, 0) is 0 Å². The topological polar surface area (TPSA) is 136 Å². The Morgan fingerprint density at radius 3 is 2.75 bits per heavy atom. The van der Waals surface area contributed by atoms with Gasteiger partial charge in [-0.05, 0) is 57.3 Å². The summed E-state index contributed by atoms with van der Waals surface area (Å²) >= 11 is 6.56. The highest BCUT2D eigenvalue weighted by molar-refractivity contribution is 6.34. The van der Waals surface area contributed by atoms with E-state index >= 15 is 0 Å². The maximum atomic E-state index is 12.8. The van der Waals surface area contributed by atoms with Crippen LogP contribution < -0.4 is 25.3 Å². The zero-order chi connectivity index (χ0) is 26.4. The number of aliphatic hydroxyl groups excluding tert-OH is 1. The van der Waals surface area contributed by atoms with Gasteiger partial charge in [0.25, 0.3) is 11.8 Å². The van der Waals surface area contributed by atoms with E-state index in [0.29, 0.717) is 12.1 Å². The zero-order valence-electron chi connectivity index (χ0n) is 20.4. The number of hydrogen-bond acceptors (Lipinski definition) is 7. The second-order valence-electron chi connectivity index (χ2n) is 7.93. The van der Waals surface area contributed by atoms with Crippen LogP contribution in [0.3, 0.4) is 0 Å². The molecule has 4 N–H and O–H groups in total. The molecule has 2 unspecified atom stereocenters. The van der Waals surface area contributed by atoms with E-state index in [1.807, 2.05) is 6.92 Å². The molecule has 2 aromatic carbocycles. The predicted molar refractivity (Wildman–Crippen MR) is 136 cm³/mol. The third-order valence-electron chi connectivity index (χ3n) is 5.22. The Bertz CT molecular complexity index is 1200. The first-order chi connectivity index (χ1) is 17.2. The molecular formula is C25H29ClN4O6. The highest BCUT2D eigenvalue weighted by Crippen LogP contribution is 2.42. The minimum atomic E-state index is -0.626. The number of fused-ring (bicyclic) bond motifs is 1. The standard InChI is InChI=1S/C25H29ClN4O6/c1-5-30-15(3)35-23-19(25(30)33)6-7-20(22(23)26)36-18-11-16(10-17(12-18)34-14(2)13-31)24(32)29-21(27)8-9-28-4/h6-12,14-15,28,31H,5,13H2,1-4H3,(H2,27,29,32)/b9-8-. The van der Waals surface area contributed by atoms with E-state index < -0.39 is 18.2 Å². The lowest BCUT2D eigenvalue weighted by Gasteiger charge is -2.34. The number of nitrogens with two attached hydrogens (primary N) is 1. The average molecular weight is 517 g/mol. The molecule has 0 radical (unpaired) electrons. The van der Waals surface area contributed by atoms with Gasteiger partial charge in [0.15, 0.2) is 12.0 Å². The first kappa shape index (κ1) is 26.8. The molecule has 10 nitrogen and oxygen atoms in total. The lowest BCUT2D eigenvalue weighted by molar-refractivity contribution is 0.0205. The van der Waals surface area contributed by atoms with Crippen molar-refractivity contribution in [3.8, 4) is 23.0 Å². The van der Waals surface area contributed by atoms with Crippen molar-refractivity contribution in [3.05, 3.63) is 58.8 Å². The number of halogens is 1. The van der Waals surface area contributed by atoms with Crippen molar-refractivity contribution in [1.29, 1.82) is 0 Å². The van der Waals surface area contributed by atoms with Gasteiger partial charge in [-0.3, -0.25) is 9.59 Å². The molecule has 0 aromatic heterocycles. The minimum absolute atomic E-state index is 0.00153. The predicted octanol–water partition coefficient (Wildman–Crippen LogP) is 3.32. The summed E-state index contributed by atoms with van der Waals surface area (Å²) in [7, 11) is 1.69. The van der Waals surface area contributed by atoms with Crippen molar-refractivity contribution in [2.45, 2.75) is 33.1 Å². The van der Waals surface area contributed by atoms with Crippen LogP contribution in [0.1, 0.15) is 41.5 Å². The number of nitrogens with one attached hydrogen (secondary N) is 1. The molecule has 2 amide bonds. The number of aliphatic imine (C=N–C) groups is 1. The summed E-state index contributed by atoms with van der Waals surface area (Å²) in [5.41, 5.74) is 6.24. The second-order valence-corrected chi connectivity index (χ2v) is 8.31. The number of amidine groups is 1. The fraction of sp³-hybridized carbons (Fsp3) is 0.320. The summed E-state index contributed by atoms with van der Waals surface area (Å²) in [6, 6.07) is 7.60. The van der Waals surface area contributed by atoms with Gasteiger partial charge in [-0.2, -0.15) is 4.99 Å². The lowest BCUT2D eigenvalue weighted by atomic mass is 10.1. The molecule has 2 aromatic rings. The van der Waals surface area contributed by atoms with E-state index in [1.54, 1.807) is 44.0 Å². The van der Waals surface area contributed by atoms with E-state index in [-0.39, 0.29) is 51.9 Å². The molecule has 0 bridgehead atoms. The smallest absolute Gasteiger partial charge is 0.279 e. The summed E-state index contributed by atoms with van der Waals surface area (Å²) in [5.74, 6) is 0.107. The molecule has 0 fully saturated rings. The lowest BCUT2D eigenvalue weighted by Crippen LogP contribution is -2.45. The van der Waals surface area contributed by atoms with Gasteiger partial charge in [-0.15, -0.1) is 0 Å². The monoisotopic (exact) mass is 516 g/mol. The number of nitrogens with zero attached hydrogens (tertiary/aromatic N) is 2. The quantitative estimate of drug-likeness (QED) is 0.341. The van der Waals surface area contributed by atoms with Crippen LogP contribution >= 0.6 is 11.6 Å². The van der Waals surface area contributed by atoms with Crippen LogP contribution in [-0.4, -0.2) is 60.2 Å². The van der Waals surface area contributed by atoms with Gasteiger partial charge in [0, 0.05) is 25.2 Å². The maximum absolute atomic E-state index is 12.8. The van der Waals surface area contributed by atoms with Crippen molar-refractivity contribution in [1.82, 2.24) is 10.2 Å². The Hall–Kier alpha value is -3.76. The molecule has 11 heteroatoms. The molecule has 36 heavy (non-hydrogen) atoms. The molecule has 1 aliphatic rings. The molecular weight excluding hydrogens is 488 g/mol. The SMILES string of the molecule is CCN1C(=O)c2ccc(Oc3cc(OC(C)CO)cc(C(=O)N=C(N)/C=C\NC)c3)c(Cl)c2OC1C. The Labute approximate surface area is 214 Å². The Kier molecular flexibility index (Phi) is 8.78. The van der Waals surface area contributed by atoms with Gasteiger partial charge in [0.05, 0.1) is 12.2 Å². The van der Waals surface area contributed by atoms with Gasteiger partial charge in [0.1, 0.15) is 34.2 Å². The highest BCUT2D eigenvalue weighted by atomic mass is 35.5. The molecule has 192 valence electrons. The van der Waals surface area contributed by atoms with E-state index in [0.717, 1.165) is 0 Å². The average Bonchev–Trinajstić information content (AvgIpc) is 2.84. The minimum Gasteiger partial charge on any atom is -0.488 e. The van der Waals surface area contributed by atoms with Crippen molar-refractivity contribution in [3.63, 3.8) is 0 Å². The van der Waals surface area contributed by atoms with Crippen LogP contribution in [0.15, 0.2) is 47.6 Å². The summed E-state index contributed by atoms with van der Waals surface area (Å²) in [6.45, 7) is 5.55. The van der Waals surface area contributed by atoms with Gasteiger partial charge in [-0.1, -0.05) is 11.6 Å². The van der Waals surface area contributed by atoms with Gasteiger partial charge in [-0.25, -0.2) is 0 Å². The van der Waals surface area contributed by atoms with Crippen LogP contribution in [0.25, 0.3) is 0 Å². The number of carbonyl (C=O) groups is 2. The van der Waals surface area contributed by atoms with E-state index in [1.165, 1.54) is 24.4 Å². The van der Waals surface area contributed by atoms with Gasteiger partial charge < -0.3 is 35.3 Å². The van der Waals surface area contributed by atoms with Crippen LogP contribution in [0, 0.1) is 0 Å². The van der Waals surface area contributed by atoms with E-state index in [9.17, 15) is 14.7 Å². The van der Waals surface area contributed by atoms with Crippen LogP contribution in [0.5, 0.6) is 23.0 Å². The molecule has 0 spiro atoms. The van der Waals surface area contributed by atoms with Crippen molar-refractivity contribution in [2.75, 3.05) is 20.2 Å². The first-order valence-corrected chi connectivity index (χ1v) is 11.7. The molecule has 0 aliphatic carbocycles. The van der Waals surface area contributed by atoms with Gasteiger partial charge >= 0.3 is 0 Å². The number of benzene rings is 2. The molecule has 1 aliphatic heterocycles. The van der Waals surface area contributed by atoms with Gasteiger partial charge in [0.2, 0.25) is 0 Å². The van der Waals surface area contributed by atoms with Crippen molar-refractivity contribution in [2.24, 2.45) is 10.7 Å². The van der Waals surface area contributed by atoms with Crippen molar-refractivity contribution >= 4 is 29.3 Å². The molecule has 0 saturated carbocycles. The van der Waals surface area contributed by atoms with Crippen molar-refractivity contribution < 1.29 is 28.9 Å². The number of carbonyl (C=O) groups excluding carboxylic acids is 2. The molecule has 0 saturated heterocycles. The third-order valence-corrected chi connectivity index (χ3v) is 5.58. The summed E-state index contributed by atoms with van der Waals surface area (Å²) in [5, 5.41) is 12.2. The Morgan fingerprint density at radius 2 is 2.08 bits per heavy atom. The number of rotatable bonds is 9.